The van der Waals surface area contributed by atoms with Gasteiger partial charge in [0.05, 0.1) is 5.92 Å². The monoisotopic (exact) mass is 306 g/mol. The first-order valence-corrected chi connectivity index (χ1v) is 8.41. The van der Waals surface area contributed by atoms with E-state index in [4.69, 9.17) is 5.11 Å². The third kappa shape index (κ3) is 4.17. The Balaban J connectivity index is 2.58. The van der Waals surface area contributed by atoms with Crippen molar-refractivity contribution in [2.75, 3.05) is 31.9 Å². The fraction of sp³-hybridized carbons (Fsp3) is 0.833. The van der Waals surface area contributed by atoms with E-state index in [1.165, 1.54) is 9.21 Å². The summed E-state index contributed by atoms with van der Waals surface area (Å²) < 4.78 is 25.3. The molecule has 0 aliphatic carbocycles. The third-order valence-electron chi connectivity index (χ3n) is 3.60. The van der Waals surface area contributed by atoms with Gasteiger partial charge in [0.2, 0.25) is 15.9 Å². The molecule has 0 unspecified atom stereocenters. The lowest BCUT2D eigenvalue weighted by Crippen LogP contribution is -2.45. The van der Waals surface area contributed by atoms with E-state index in [2.05, 4.69) is 0 Å². The van der Waals surface area contributed by atoms with Gasteiger partial charge in [-0.25, -0.2) is 12.7 Å². The van der Waals surface area contributed by atoms with Crippen LogP contribution in [-0.2, 0) is 19.6 Å². The average Bonchev–Trinajstić information content (AvgIpc) is 2.39. The summed E-state index contributed by atoms with van der Waals surface area (Å²) in [5, 5.41) is 8.88. The van der Waals surface area contributed by atoms with Crippen molar-refractivity contribution in [1.29, 1.82) is 0 Å². The van der Waals surface area contributed by atoms with Crippen LogP contribution in [0.25, 0.3) is 0 Å². The van der Waals surface area contributed by atoms with E-state index in [1.54, 1.807) is 13.8 Å². The highest BCUT2D eigenvalue weighted by Gasteiger charge is 2.30. The molecule has 0 spiro atoms. The molecule has 0 bridgehead atoms. The molecule has 1 saturated heterocycles. The quantitative estimate of drug-likeness (QED) is 0.744. The second kappa shape index (κ2) is 7.03. The fourth-order valence-electron chi connectivity index (χ4n) is 2.33. The Morgan fingerprint density at radius 3 is 2.10 bits per heavy atom. The summed E-state index contributed by atoms with van der Waals surface area (Å²) in [4.78, 5) is 24.3. The number of piperidine rings is 1. The van der Waals surface area contributed by atoms with Crippen LogP contribution in [0.15, 0.2) is 0 Å². The van der Waals surface area contributed by atoms with E-state index in [0.717, 1.165) is 0 Å². The molecule has 1 amide bonds. The number of nitrogens with zero attached hydrogens (tertiary/aromatic N) is 2. The Morgan fingerprint density at radius 1 is 1.20 bits per heavy atom. The Labute approximate surface area is 119 Å². The predicted octanol–water partition coefficient (Wildman–Crippen LogP) is -0.0188. The number of carbonyl (C=O) groups is 2. The number of amides is 1. The molecule has 0 aromatic rings. The van der Waals surface area contributed by atoms with Gasteiger partial charge in [-0.1, -0.05) is 13.8 Å². The maximum Gasteiger partial charge on any atom is 0.306 e. The fourth-order valence-corrected chi connectivity index (χ4v) is 3.80. The van der Waals surface area contributed by atoms with Gasteiger partial charge in [-0.3, -0.25) is 9.59 Å². The van der Waals surface area contributed by atoms with Gasteiger partial charge in [0.15, 0.2) is 0 Å². The minimum atomic E-state index is -3.58. The summed E-state index contributed by atoms with van der Waals surface area (Å²) in [5.74, 6) is -2.26. The van der Waals surface area contributed by atoms with Crippen LogP contribution in [0.1, 0.15) is 26.7 Å². The smallest absolute Gasteiger partial charge is 0.306 e. The molecule has 7 nitrogen and oxygen atoms in total. The van der Waals surface area contributed by atoms with Crippen LogP contribution >= 0.6 is 0 Å². The second-order valence-corrected chi connectivity index (χ2v) is 6.80. The number of hydrogen-bond acceptors (Lipinski definition) is 4. The maximum atomic E-state index is 12.0. The Kier molecular flexibility index (Phi) is 5.94. The van der Waals surface area contributed by atoms with E-state index < -0.39 is 33.6 Å². The lowest BCUT2D eigenvalue weighted by atomic mass is 9.97. The second-order valence-electron chi connectivity index (χ2n) is 4.83. The molecular formula is C12H22N2O5S. The SMILES string of the molecule is CCN(CC)S(=O)(=O)CC(=O)N1CCC(C(=O)O)CC1. The van der Waals surface area contributed by atoms with Crippen molar-refractivity contribution in [3.63, 3.8) is 0 Å². The van der Waals surface area contributed by atoms with Crippen LogP contribution in [0.5, 0.6) is 0 Å². The number of hydrogen-bond donors (Lipinski definition) is 1. The van der Waals surface area contributed by atoms with Gasteiger partial charge in [0.1, 0.15) is 5.75 Å². The molecule has 0 aromatic heterocycles. The van der Waals surface area contributed by atoms with E-state index >= 15 is 0 Å². The van der Waals surface area contributed by atoms with Crippen LogP contribution in [-0.4, -0.2) is 66.5 Å². The molecule has 0 saturated carbocycles. The van der Waals surface area contributed by atoms with E-state index in [9.17, 15) is 18.0 Å². The molecule has 1 rings (SSSR count). The van der Waals surface area contributed by atoms with Crippen molar-refractivity contribution in [2.45, 2.75) is 26.7 Å². The van der Waals surface area contributed by atoms with Crippen LogP contribution < -0.4 is 0 Å². The minimum Gasteiger partial charge on any atom is -0.481 e. The lowest BCUT2D eigenvalue weighted by Gasteiger charge is -2.30. The normalized spacial score (nSPS) is 17.4. The van der Waals surface area contributed by atoms with Crippen LogP contribution in [0, 0.1) is 5.92 Å². The number of carboxylic acids is 1. The highest BCUT2D eigenvalue weighted by Crippen LogP contribution is 2.17. The lowest BCUT2D eigenvalue weighted by molar-refractivity contribution is -0.145. The van der Waals surface area contributed by atoms with E-state index in [1.807, 2.05) is 0 Å². The van der Waals surface area contributed by atoms with Crippen LogP contribution in [0.2, 0.25) is 0 Å². The number of aliphatic carboxylic acids is 1. The molecule has 0 atom stereocenters. The molecule has 1 N–H and O–H groups in total. The first-order chi connectivity index (χ1) is 9.31. The largest absolute Gasteiger partial charge is 0.481 e. The molecule has 1 aliphatic rings. The van der Waals surface area contributed by atoms with Crippen molar-refractivity contribution in [2.24, 2.45) is 5.92 Å². The third-order valence-corrected chi connectivity index (χ3v) is 5.52. The van der Waals surface area contributed by atoms with Crippen molar-refractivity contribution >= 4 is 21.9 Å². The molecular weight excluding hydrogens is 284 g/mol. The van der Waals surface area contributed by atoms with Crippen molar-refractivity contribution in [3.8, 4) is 0 Å². The summed E-state index contributed by atoms with van der Waals surface area (Å²) >= 11 is 0. The summed E-state index contributed by atoms with van der Waals surface area (Å²) in [5.41, 5.74) is 0. The molecule has 116 valence electrons. The Bertz CT molecular complexity index is 450. The highest BCUT2D eigenvalue weighted by molar-refractivity contribution is 7.89. The van der Waals surface area contributed by atoms with E-state index in [-0.39, 0.29) is 0 Å². The molecule has 0 radical (unpaired) electrons. The standard InChI is InChI=1S/C12H22N2O5S/c1-3-14(4-2)20(18,19)9-11(15)13-7-5-10(6-8-13)12(16)17/h10H,3-9H2,1-2H3,(H,16,17). The van der Waals surface area contributed by atoms with Crippen molar-refractivity contribution in [1.82, 2.24) is 9.21 Å². The molecule has 1 aliphatic heterocycles. The number of sulfonamides is 1. The molecule has 0 aromatic carbocycles. The molecule has 20 heavy (non-hydrogen) atoms. The van der Waals surface area contributed by atoms with Crippen molar-refractivity contribution in [3.05, 3.63) is 0 Å². The topological polar surface area (TPSA) is 95.0 Å². The first kappa shape index (κ1) is 16.9. The predicted molar refractivity (Wildman–Crippen MR) is 73.6 cm³/mol. The number of rotatable bonds is 6. The average molecular weight is 306 g/mol. The van der Waals surface area contributed by atoms with Gasteiger partial charge in [0.25, 0.3) is 0 Å². The molecule has 1 heterocycles. The van der Waals surface area contributed by atoms with Gasteiger partial charge in [-0.15, -0.1) is 0 Å². The summed E-state index contributed by atoms with van der Waals surface area (Å²) in [6.45, 7) is 4.75. The van der Waals surface area contributed by atoms with Crippen LogP contribution in [0.4, 0.5) is 0 Å². The van der Waals surface area contributed by atoms with Gasteiger partial charge in [-0.05, 0) is 12.8 Å². The van der Waals surface area contributed by atoms with Gasteiger partial charge < -0.3 is 10.0 Å². The Hall–Kier alpha value is -1.15. The summed E-state index contributed by atoms with van der Waals surface area (Å²) in [6, 6.07) is 0. The Morgan fingerprint density at radius 2 is 1.70 bits per heavy atom. The highest BCUT2D eigenvalue weighted by atomic mass is 32.2. The zero-order valence-corrected chi connectivity index (χ0v) is 12.7. The number of carbonyl (C=O) groups excluding carboxylic acids is 1. The minimum absolute atomic E-state index is 0.309. The zero-order chi connectivity index (χ0) is 15.3. The first-order valence-electron chi connectivity index (χ1n) is 6.80. The summed E-state index contributed by atoms with van der Waals surface area (Å²) in [7, 11) is -3.58. The molecule has 1 fully saturated rings. The zero-order valence-electron chi connectivity index (χ0n) is 11.9. The van der Waals surface area contributed by atoms with Gasteiger partial charge in [-0.2, -0.15) is 0 Å². The van der Waals surface area contributed by atoms with Crippen LogP contribution in [0.3, 0.4) is 0 Å². The van der Waals surface area contributed by atoms with E-state index in [0.29, 0.717) is 39.0 Å². The maximum absolute atomic E-state index is 12.0. The van der Waals surface area contributed by atoms with Gasteiger partial charge in [0, 0.05) is 26.2 Å². The van der Waals surface area contributed by atoms with Crippen molar-refractivity contribution < 1.29 is 23.1 Å². The van der Waals surface area contributed by atoms with Gasteiger partial charge >= 0.3 is 5.97 Å². The summed E-state index contributed by atoms with van der Waals surface area (Å²) in [6.07, 6.45) is 0.763. The molecule has 8 heteroatoms. The number of likely N-dealkylation sites (tertiary alicyclic amines) is 1. The number of carboxylic acid groups (broad SMARTS) is 1.